The highest BCUT2D eigenvalue weighted by Crippen LogP contribution is 2.28. The molecule has 0 radical (unpaired) electrons. The van der Waals surface area contributed by atoms with E-state index in [1.54, 1.807) is 0 Å². The summed E-state index contributed by atoms with van der Waals surface area (Å²) in [5, 5.41) is 2.64. The van der Waals surface area contributed by atoms with Crippen LogP contribution in [0.25, 0.3) is 10.8 Å². The molecule has 3 rings (SSSR count). The van der Waals surface area contributed by atoms with Crippen molar-refractivity contribution >= 4 is 10.8 Å². The molecule has 1 aliphatic rings. The standard InChI is InChI=1S/C20H27N/c21-20(13-11-16-6-2-1-3-7-16)15-17-10-12-18-8-4-5-9-19(18)14-17/h4-5,8-10,12,14,16,20H,1-3,6-7,11,13,15,21H2. The Bertz CT molecular complexity index is 569. The molecule has 1 nitrogen and oxygen atoms in total. The predicted molar refractivity (Wildman–Crippen MR) is 91.4 cm³/mol. The molecular formula is C20H27N. The van der Waals surface area contributed by atoms with Crippen LogP contribution in [0.5, 0.6) is 0 Å². The second-order valence-corrected chi connectivity index (χ2v) is 6.73. The van der Waals surface area contributed by atoms with E-state index >= 15 is 0 Å². The van der Waals surface area contributed by atoms with Gasteiger partial charge in [-0.1, -0.05) is 74.6 Å². The molecule has 1 unspecified atom stereocenters. The zero-order valence-corrected chi connectivity index (χ0v) is 12.9. The van der Waals surface area contributed by atoms with Gasteiger partial charge in [0.25, 0.3) is 0 Å². The van der Waals surface area contributed by atoms with Crippen LogP contribution in [0.15, 0.2) is 42.5 Å². The van der Waals surface area contributed by atoms with E-state index in [1.165, 1.54) is 61.3 Å². The summed E-state index contributed by atoms with van der Waals surface area (Å²) in [6.45, 7) is 0. The molecule has 2 aromatic rings. The molecule has 0 amide bonds. The van der Waals surface area contributed by atoms with Gasteiger partial charge in [-0.25, -0.2) is 0 Å². The molecule has 0 bridgehead atoms. The topological polar surface area (TPSA) is 26.0 Å². The highest BCUT2D eigenvalue weighted by Gasteiger charge is 2.14. The van der Waals surface area contributed by atoms with E-state index in [9.17, 15) is 0 Å². The molecule has 1 aliphatic carbocycles. The fourth-order valence-electron chi connectivity index (χ4n) is 3.70. The molecule has 1 atom stereocenters. The smallest absolute Gasteiger partial charge is 0.00794 e. The molecule has 0 aliphatic heterocycles. The van der Waals surface area contributed by atoms with Crippen LogP contribution in [0.4, 0.5) is 0 Å². The van der Waals surface area contributed by atoms with Crippen LogP contribution in [0.3, 0.4) is 0 Å². The van der Waals surface area contributed by atoms with Crippen molar-refractivity contribution in [3.8, 4) is 0 Å². The van der Waals surface area contributed by atoms with Gasteiger partial charge >= 0.3 is 0 Å². The van der Waals surface area contributed by atoms with Gasteiger partial charge in [0.2, 0.25) is 0 Å². The summed E-state index contributed by atoms with van der Waals surface area (Å²) in [6, 6.07) is 15.6. The van der Waals surface area contributed by atoms with Crippen molar-refractivity contribution in [2.24, 2.45) is 11.7 Å². The predicted octanol–water partition coefficient (Wildman–Crippen LogP) is 5.07. The fraction of sp³-hybridized carbons (Fsp3) is 0.500. The van der Waals surface area contributed by atoms with Gasteiger partial charge < -0.3 is 5.73 Å². The van der Waals surface area contributed by atoms with Gasteiger partial charge in [0, 0.05) is 6.04 Å². The summed E-state index contributed by atoms with van der Waals surface area (Å²) in [6.07, 6.45) is 10.7. The molecule has 112 valence electrons. The van der Waals surface area contributed by atoms with Gasteiger partial charge in [0.05, 0.1) is 0 Å². The molecule has 0 heterocycles. The number of fused-ring (bicyclic) bond motifs is 1. The maximum atomic E-state index is 6.37. The largest absolute Gasteiger partial charge is 0.327 e. The maximum absolute atomic E-state index is 6.37. The Hall–Kier alpha value is -1.34. The zero-order valence-electron chi connectivity index (χ0n) is 12.9. The minimum absolute atomic E-state index is 0.313. The van der Waals surface area contributed by atoms with Gasteiger partial charge in [0.1, 0.15) is 0 Å². The summed E-state index contributed by atoms with van der Waals surface area (Å²) in [7, 11) is 0. The Labute approximate surface area is 128 Å². The average Bonchev–Trinajstić information content (AvgIpc) is 2.54. The van der Waals surface area contributed by atoms with Crippen molar-refractivity contribution in [1.29, 1.82) is 0 Å². The van der Waals surface area contributed by atoms with Crippen molar-refractivity contribution in [1.82, 2.24) is 0 Å². The number of benzene rings is 2. The molecule has 1 heteroatoms. The van der Waals surface area contributed by atoms with Gasteiger partial charge in [-0.3, -0.25) is 0 Å². The van der Waals surface area contributed by atoms with Crippen LogP contribution in [-0.2, 0) is 6.42 Å². The molecule has 0 saturated heterocycles. The third-order valence-electron chi connectivity index (χ3n) is 4.98. The Morgan fingerprint density at radius 3 is 2.52 bits per heavy atom. The molecule has 21 heavy (non-hydrogen) atoms. The third kappa shape index (κ3) is 4.07. The number of hydrogen-bond acceptors (Lipinski definition) is 1. The van der Waals surface area contributed by atoms with Crippen molar-refractivity contribution in [3.05, 3.63) is 48.0 Å². The molecule has 2 aromatic carbocycles. The van der Waals surface area contributed by atoms with Gasteiger partial charge in [-0.15, -0.1) is 0 Å². The lowest BCUT2D eigenvalue weighted by molar-refractivity contribution is 0.323. The highest BCUT2D eigenvalue weighted by molar-refractivity contribution is 5.82. The van der Waals surface area contributed by atoms with Crippen molar-refractivity contribution in [3.63, 3.8) is 0 Å². The van der Waals surface area contributed by atoms with E-state index in [0.29, 0.717) is 6.04 Å². The number of nitrogens with two attached hydrogens (primary N) is 1. The highest BCUT2D eigenvalue weighted by atomic mass is 14.6. The van der Waals surface area contributed by atoms with Crippen molar-refractivity contribution in [2.75, 3.05) is 0 Å². The lowest BCUT2D eigenvalue weighted by Gasteiger charge is -2.23. The lowest BCUT2D eigenvalue weighted by atomic mass is 9.84. The fourth-order valence-corrected chi connectivity index (χ4v) is 3.70. The average molecular weight is 281 g/mol. The third-order valence-corrected chi connectivity index (χ3v) is 4.98. The summed E-state index contributed by atoms with van der Waals surface area (Å²) < 4.78 is 0. The molecule has 0 spiro atoms. The summed E-state index contributed by atoms with van der Waals surface area (Å²) >= 11 is 0. The van der Waals surface area contributed by atoms with Gasteiger partial charge in [0.15, 0.2) is 0 Å². The Balaban J connectivity index is 1.54. The summed E-state index contributed by atoms with van der Waals surface area (Å²) in [4.78, 5) is 0. The Kier molecular flexibility index (Phi) is 4.92. The molecule has 1 fully saturated rings. The second-order valence-electron chi connectivity index (χ2n) is 6.73. The first-order valence-corrected chi connectivity index (χ1v) is 8.54. The monoisotopic (exact) mass is 281 g/mol. The summed E-state index contributed by atoms with van der Waals surface area (Å²) in [5.74, 6) is 0.946. The van der Waals surface area contributed by atoms with Crippen LogP contribution in [0.2, 0.25) is 0 Å². The van der Waals surface area contributed by atoms with Gasteiger partial charge in [-0.2, -0.15) is 0 Å². The van der Waals surface area contributed by atoms with Crippen LogP contribution >= 0.6 is 0 Å². The van der Waals surface area contributed by atoms with Crippen LogP contribution in [-0.4, -0.2) is 6.04 Å². The normalized spacial score (nSPS) is 18.0. The van der Waals surface area contributed by atoms with E-state index in [-0.39, 0.29) is 0 Å². The molecule has 0 aromatic heterocycles. The Morgan fingerprint density at radius 1 is 0.952 bits per heavy atom. The van der Waals surface area contributed by atoms with Gasteiger partial charge in [-0.05, 0) is 41.5 Å². The van der Waals surface area contributed by atoms with Crippen LogP contribution < -0.4 is 5.73 Å². The molecule has 1 saturated carbocycles. The van der Waals surface area contributed by atoms with E-state index in [0.717, 1.165) is 12.3 Å². The quantitative estimate of drug-likeness (QED) is 0.813. The molecular weight excluding hydrogens is 254 g/mol. The maximum Gasteiger partial charge on any atom is 0.00794 e. The molecule has 2 N–H and O–H groups in total. The van der Waals surface area contributed by atoms with Crippen LogP contribution in [0, 0.1) is 5.92 Å². The van der Waals surface area contributed by atoms with E-state index in [1.807, 2.05) is 0 Å². The van der Waals surface area contributed by atoms with Crippen molar-refractivity contribution in [2.45, 2.75) is 57.4 Å². The zero-order chi connectivity index (χ0) is 14.5. The van der Waals surface area contributed by atoms with E-state index in [2.05, 4.69) is 42.5 Å². The first kappa shape index (κ1) is 14.6. The van der Waals surface area contributed by atoms with Crippen LogP contribution in [0.1, 0.15) is 50.5 Å². The lowest BCUT2D eigenvalue weighted by Crippen LogP contribution is -2.24. The first-order valence-electron chi connectivity index (χ1n) is 8.54. The first-order chi connectivity index (χ1) is 10.3. The SMILES string of the molecule is NC(CCC1CCCCC1)Cc1ccc2ccccc2c1. The minimum atomic E-state index is 0.313. The van der Waals surface area contributed by atoms with E-state index < -0.39 is 0 Å². The second kappa shape index (κ2) is 7.09. The number of hydrogen-bond donors (Lipinski definition) is 1. The van der Waals surface area contributed by atoms with E-state index in [4.69, 9.17) is 5.73 Å². The number of rotatable bonds is 5. The summed E-state index contributed by atoms with van der Waals surface area (Å²) in [5.41, 5.74) is 7.75. The Morgan fingerprint density at radius 2 is 1.71 bits per heavy atom. The van der Waals surface area contributed by atoms with Crippen molar-refractivity contribution < 1.29 is 0 Å². The minimum Gasteiger partial charge on any atom is -0.327 e.